The van der Waals surface area contributed by atoms with Crippen molar-refractivity contribution in [1.29, 1.82) is 0 Å². The number of ether oxygens (including phenoxy) is 2. The van der Waals surface area contributed by atoms with Gasteiger partial charge in [0.15, 0.2) is 5.78 Å². The maximum absolute atomic E-state index is 11.4. The third kappa shape index (κ3) is 2.90. The number of ketones is 1. The lowest BCUT2D eigenvalue weighted by Crippen LogP contribution is -2.40. The van der Waals surface area contributed by atoms with E-state index in [4.69, 9.17) is 4.74 Å². The normalized spacial score (nSPS) is 28.2. The highest BCUT2D eigenvalue weighted by Crippen LogP contribution is 2.46. The molecule has 4 heteroatoms. The fourth-order valence-corrected chi connectivity index (χ4v) is 3.09. The van der Waals surface area contributed by atoms with Crippen molar-refractivity contribution in [2.75, 3.05) is 14.2 Å². The molecule has 2 aliphatic carbocycles. The van der Waals surface area contributed by atoms with Crippen LogP contribution in [0.3, 0.4) is 0 Å². The van der Waals surface area contributed by atoms with Gasteiger partial charge in [-0.25, -0.2) is 4.79 Å². The first-order valence-corrected chi connectivity index (χ1v) is 6.83. The zero-order valence-corrected chi connectivity index (χ0v) is 11.9. The molecule has 0 amide bonds. The second-order valence-corrected chi connectivity index (χ2v) is 5.26. The van der Waals surface area contributed by atoms with Gasteiger partial charge < -0.3 is 9.47 Å². The molecule has 0 heterocycles. The van der Waals surface area contributed by atoms with Crippen molar-refractivity contribution >= 4 is 11.8 Å². The lowest BCUT2D eigenvalue weighted by atomic mass is 9.63. The maximum atomic E-state index is 11.4. The topological polar surface area (TPSA) is 52.6 Å². The van der Waals surface area contributed by atoms with Crippen LogP contribution in [0.5, 0.6) is 0 Å². The summed E-state index contributed by atoms with van der Waals surface area (Å²) in [6.07, 6.45) is 13.4. The fourth-order valence-electron chi connectivity index (χ4n) is 3.09. The lowest BCUT2D eigenvalue weighted by Gasteiger charge is -2.43. The van der Waals surface area contributed by atoms with Crippen molar-refractivity contribution in [2.24, 2.45) is 11.3 Å². The number of esters is 1. The van der Waals surface area contributed by atoms with Gasteiger partial charge >= 0.3 is 5.97 Å². The van der Waals surface area contributed by atoms with E-state index in [-0.39, 0.29) is 29.2 Å². The number of carbonyl (C=O) groups is 2. The van der Waals surface area contributed by atoms with E-state index in [1.807, 2.05) is 18.2 Å². The quantitative estimate of drug-likeness (QED) is 0.586. The molecule has 0 aromatic carbocycles. The minimum Gasteiger partial charge on any atom is -0.466 e. The Morgan fingerprint density at radius 3 is 2.65 bits per heavy atom. The predicted octanol–water partition coefficient (Wildman–Crippen LogP) is 2.21. The van der Waals surface area contributed by atoms with Gasteiger partial charge in [0.25, 0.3) is 0 Å². The molecular weight excluding hydrogens is 256 g/mol. The predicted molar refractivity (Wildman–Crippen MR) is 75.0 cm³/mol. The van der Waals surface area contributed by atoms with Crippen LogP contribution >= 0.6 is 0 Å². The van der Waals surface area contributed by atoms with E-state index in [2.05, 4.69) is 4.74 Å². The van der Waals surface area contributed by atoms with Crippen LogP contribution in [0.15, 0.2) is 36.5 Å². The molecule has 20 heavy (non-hydrogen) atoms. The van der Waals surface area contributed by atoms with Gasteiger partial charge in [-0.05, 0) is 31.4 Å². The summed E-state index contributed by atoms with van der Waals surface area (Å²) < 4.78 is 10.2. The van der Waals surface area contributed by atoms with E-state index >= 15 is 0 Å². The Morgan fingerprint density at radius 1 is 1.35 bits per heavy atom. The highest BCUT2D eigenvalue weighted by molar-refractivity contribution is 6.00. The summed E-state index contributed by atoms with van der Waals surface area (Å²) in [6, 6.07) is 0. The third-order valence-electron chi connectivity index (χ3n) is 4.18. The first kappa shape index (κ1) is 14.7. The Balaban J connectivity index is 2.30. The van der Waals surface area contributed by atoms with Gasteiger partial charge in [-0.1, -0.05) is 18.2 Å². The highest BCUT2D eigenvalue weighted by Gasteiger charge is 2.42. The van der Waals surface area contributed by atoms with Crippen molar-refractivity contribution < 1.29 is 19.1 Å². The second-order valence-electron chi connectivity index (χ2n) is 5.26. The van der Waals surface area contributed by atoms with Gasteiger partial charge in [-0.3, -0.25) is 4.79 Å². The Morgan fingerprint density at radius 2 is 2.05 bits per heavy atom. The van der Waals surface area contributed by atoms with E-state index in [1.54, 1.807) is 19.3 Å². The van der Waals surface area contributed by atoms with Gasteiger partial charge in [0.05, 0.1) is 13.2 Å². The second kappa shape index (κ2) is 6.18. The molecule has 0 bridgehead atoms. The first-order valence-electron chi connectivity index (χ1n) is 6.83. The molecule has 0 aromatic heterocycles. The first-order chi connectivity index (χ1) is 9.61. The van der Waals surface area contributed by atoms with Crippen LogP contribution < -0.4 is 0 Å². The zero-order chi connectivity index (χ0) is 14.6. The minimum absolute atomic E-state index is 0.00543. The van der Waals surface area contributed by atoms with E-state index in [0.29, 0.717) is 0 Å². The Hall–Kier alpha value is -1.68. The molecule has 4 nitrogen and oxygen atoms in total. The van der Waals surface area contributed by atoms with Crippen LogP contribution in [0.4, 0.5) is 0 Å². The van der Waals surface area contributed by atoms with Gasteiger partial charge in [0, 0.05) is 24.5 Å². The van der Waals surface area contributed by atoms with Crippen molar-refractivity contribution in [1.82, 2.24) is 0 Å². The summed E-state index contributed by atoms with van der Waals surface area (Å²) in [4.78, 5) is 22.7. The zero-order valence-electron chi connectivity index (χ0n) is 11.9. The summed E-state index contributed by atoms with van der Waals surface area (Å²) in [6.45, 7) is 0. The summed E-state index contributed by atoms with van der Waals surface area (Å²) >= 11 is 0. The van der Waals surface area contributed by atoms with Gasteiger partial charge in [-0.2, -0.15) is 0 Å². The van der Waals surface area contributed by atoms with E-state index in [1.165, 1.54) is 13.2 Å². The molecule has 0 radical (unpaired) electrons. The lowest BCUT2D eigenvalue weighted by molar-refractivity contribution is -0.134. The number of allylic oxidation sites excluding steroid dienone is 4. The molecule has 0 unspecified atom stereocenters. The van der Waals surface area contributed by atoms with Crippen molar-refractivity contribution in [3.05, 3.63) is 36.5 Å². The molecule has 0 N–H and O–H groups in total. The third-order valence-corrected chi connectivity index (χ3v) is 4.18. The van der Waals surface area contributed by atoms with Crippen LogP contribution in [0.25, 0.3) is 0 Å². The molecule has 1 saturated carbocycles. The standard InChI is InChI=1S/C16H20O4/c1-19-14-4-3-9-16(10-7-12(17)8-11-16)13(14)5-6-15(18)20-2/h5-8,10-11,13-14H,3-4,9H2,1-2H3/b6-5+/t13-,14+/m1/s1. The largest absolute Gasteiger partial charge is 0.466 e. The van der Waals surface area contributed by atoms with Crippen LogP contribution in [0.2, 0.25) is 0 Å². The monoisotopic (exact) mass is 276 g/mol. The SMILES string of the molecule is COC(=O)/C=C/[C@@H]1[C@@H](OC)CCCC12C=CC(=O)C=C2. The van der Waals surface area contributed by atoms with Gasteiger partial charge in [0.1, 0.15) is 0 Å². The van der Waals surface area contributed by atoms with E-state index in [0.717, 1.165) is 19.3 Å². The Bertz CT molecular complexity index is 457. The van der Waals surface area contributed by atoms with Crippen molar-refractivity contribution in [2.45, 2.75) is 25.4 Å². The molecule has 0 saturated heterocycles. The van der Waals surface area contributed by atoms with Crippen molar-refractivity contribution in [3.63, 3.8) is 0 Å². The molecular formula is C16H20O4. The van der Waals surface area contributed by atoms with Gasteiger partial charge in [0.2, 0.25) is 0 Å². The average molecular weight is 276 g/mol. The summed E-state index contributed by atoms with van der Waals surface area (Å²) in [7, 11) is 3.04. The Kier molecular flexibility index (Phi) is 4.55. The highest BCUT2D eigenvalue weighted by atomic mass is 16.5. The van der Waals surface area contributed by atoms with Crippen LogP contribution in [0, 0.1) is 11.3 Å². The number of rotatable bonds is 3. The van der Waals surface area contributed by atoms with E-state index in [9.17, 15) is 9.59 Å². The van der Waals surface area contributed by atoms with Gasteiger partial charge in [-0.15, -0.1) is 0 Å². The smallest absolute Gasteiger partial charge is 0.330 e. The number of hydrogen-bond acceptors (Lipinski definition) is 4. The van der Waals surface area contributed by atoms with Crippen LogP contribution in [-0.4, -0.2) is 32.1 Å². The molecule has 2 aliphatic rings. The summed E-state index contributed by atoms with van der Waals surface area (Å²) in [5, 5.41) is 0. The summed E-state index contributed by atoms with van der Waals surface area (Å²) in [5.41, 5.74) is -0.239. The number of hydrogen-bond donors (Lipinski definition) is 0. The molecule has 1 fully saturated rings. The molecule has 2 rings (SSSR count). The molecule has 1 spiro atoms. The average Bonchev–Trinajstić information content (AvgIpc) is 2.48. The molecule has 108 valence electrons. The minimum atomic E-state index is -0.375. The molecule has 2 atom stereocenters. The molecule has 0 aliphatic heterocycles. The number of carbonyl (C=O) groups excluding carboxylic acids is 2. The number of methoxy groups -OCH3 is 2. The Labute approximate surface area is 119 Å². The van der Waals surface area contributed by atoms with Crippen molar-refractivity contribution in [3.8, 4) is 0 Å². The van der Waals surface area contributed by atoms with Crippen LogP contribution in [0.1, 0.15) is 19.3 Å². The van der Waals surface area contributed by atoms with Crippen LogP contribution in [-0.2, 0) is 19.1 Å². The fraction of sp³-hybridized carbons (Fsp3) is 0.500. The molecule has 0 aromatic rings. The summed E-state index contributed by atoms with van der Waals surface area (Å²) in [5.74, 6) is -0.341. The maximum Gasteiger partial charge on any atom is 0.330 e. The van der Waals surface area contributed by atoms with E-state index < -0.39 is 0 Å².